The van der Waals surface area contributed by atoms with E-state index in [1.165, 1.54) is 12.8 Å². The highest BCUT2D eigenvalue weighted by molar-refractivity contribution is 5.92. The maximum atomic E-state index is 12.6. The minimum Gasteiger partial charge on any atom is -0.333 e. The summed E-state index contributed by atoms with van der Waals surface area (Å²) < 4.78 is 0. The summed E-state index contributed by atoms with van der Waals surface area (Å²) in [5.41, 5.74) is 1.44. The van der Waals surface area contributed by atoms with Gasteiger partial charge < -0.3 is 10.2 Å². The number of aromatic nitrogens is 1. The minimum absolute atomic E-state index is 0.0380. The summed E-state index contributed by atoms with van der Waals surface area (Å²) in [6.45, 7) is 7.88. The van der Waals surface area contributed by atoms with Crippen molar-refractivity contribution < 1.29 is 4.79 Å². The number of hydrogen-bond donors (Lipinski definition) is 1. The van der Waals surface area contributed by atoms with Crippen molar-refractivity contribution in [3.05, 3.63) is 29.6 Å². The molecule has 0 aliphatic carbocycles. The van der Waals surface area contributed by atoms with E-state index in [4.69, 9.17) is 0 Å². The number of amides is 1. The minimum atomic E-state index is 0.0380. The maximum absolute atomic E-state index is 12.6. The van der Waals surface area contributed by atoms with Gasteiger partial charge in [0.2, 0.25) is 0 Å². The van der Waals surface area contributed by atoms with Crippen molar-refractivity contribution in [2.24, 2.45) is 0 Å². The molecule has 1 saturated heterocycles. The quantitative estimate of drug-likeness (QED) is 0.917. The highest BCUT2D eigenvalue weighted by Crippen LogP contribution is 2.13. The first kappa shape index (κ1) is 15.0. The Balaban J connectivity index is 2.09. The third kappa shape index (κ3) is 3.79. The molecule has 1 N–H and O–H groups in total. The Hall–Kier alpha value is -1.42. The average molecular weight is 275 g/mol. The van der Waals surface area contributed by atoms with Crippen LogP contribution in [0.4, 0.5) is 0 Å². The molecule has 1 fully saturated rings. The molecule has 20 heavy (non-hydrogen) atoms. The van der Waals surface area contributed by atoms with Crippen LogP contribution in [0.2, 0.25) is 0 Å². The van der Waals surface area contributed by atoms with Crippen molar-refractivity contribution in [2.75, 3.05) is 13.1 Å². The van der Waals surface area contributed by atoms with Gasteiger partial charge in [-0.25, -0.2) is 4.98 Å². The van der Waals surface area contributed by atoms with Crippen molar-refractivity contribution in [2.45, 2.75) is 52.1 Å². The molecule has 1 aromatic rings. The van der Waals surface area contributed by atoms with Gasteiger partial charge in [-0.1, -0.05) is 12.5 Å². The first-order chi connectivity index (χ1) is 9.58. The zero-order chi connectivity index (χ0) is 14.5. The van der Waals surface area contributed by atoms with Crippen LogP contribution in [0.5, 0.6) is 0 Å². The molecule has 0 radical (unpaired) electrons. The Kier molecular flexibility index (Phi) is 5.12. The van der Waals surface area contributed by atoms with Crippen molar-refractivity contribution in [3.8, 4) is 0 Å². The second-order valence-electron chi connectivity index (χ2n) is 5.86. The predicted octanol–water partition coefficient (Wildman–Crippen LogP) is 2.38. The normalized spacial score (nSPS) is 19.1. The van der Waals surface area contributed by atoms with Crippen molar-refractivity contribution >= 4 is 5.91 Å². The van der Waals surface area contributed by atoms with Gasteiger partial charge >= 0.3 is 0 Å². The Morgan fingerprint density at radius 1 is 1.45 bits per heavy atom. The molecule has 0 spiro atoms. The van der Waals surface area contributed by atoms with Crippen molar-refractivity contribution in [1.82, 2.24) is 15.2 Å². The number of carbonyl (C=O) groups excluding carboxylic acids is 1. The van der Waals surface area contributed by atoms with Gasteiger partial charge in [-0.15, -0.1) is 0 Å². The van der Waals surface area contributed by atoms with Crippen LogP contribution in [0.25, 0.3) is 0 Å². The smallest absolute Gasteiger partial charge is 0.272 e. The van der Waals surface area contributed by atoms with Crippen molar-refractivity contribution in [1.29, 1.82) is 0 Å². The molecule has 1 aliphatic heterocycles. The second-order valence-corrected chi connectivity index (χ2v) is 5.86. The molecule has 4 heteroatoms. The molecule has 1 amide bonds. The zero-order valence-electron chi connectivity index (χ0n) is 12.7. The molecule has 1 aliphatic rings. The number of nitrogens with one attached hydrogen (secondary N) is 1. The van der Waals surface area contributed by atoms with Gasteiger partial charge in [-0.3, -0.25) is 4.79 Å². The highest BCUT2D eigenvalue weighted by atomic mass is 16.2. The summed E-state index contributed by atoms with van der Waals surface area (Å²) in [5.74, 6) is 0.0380. The van der Waals surface area contributed by atoms with E-state index in [9.17, 15) is 4.79 Å². The molecule has 110 valence electrons. The Morgan fingerprint density at radius 2 is 2.25 bits per heavy atom. The number of aryl methyl sites for hydroxylation is 1. The van der Waals surface area contributed by atoms with Crippen LogP contribution in [-0.4, -0.2) is 41.0 Å². The Bertz CT molecular complexity index is 453. The van der Waals surface area contributed by atoms with E-state index in [1.807, 2.05) is 24.0 Å². The van der Waals surface area contributed by atoms with Gasteiger partial charge in [0, 0.05) is 24.3 Å². The molecule has 0 bridgehead atoms. The highest BCUT2D eigenvalue weighted by Gasteiger charge is 2.24. The molecule has 1 atom stereocenters. The SMILES string of the molecule is Cc1cccc(C(=O)N(CC2CCCCN2)C(C)C)n1. The van der Waals surface area contributed by atoms with Crippen LogP contribution < -0.4 is 5.32 Å². The Morgan fingerprint density at radius 3 is 2.85 bits per heavy atom. The monoisotopic (exact) mass is 275 g/mol. The molecule has 1 aromatic heterocycles. The lowest BCUT2D eigenvalue weighted by Gasteiger charge is -2.33. The van der Waals surface area contributed by atoms with E-state index < -0.39 is 0 Å². The topological polar surface area (TPSA) is 45.2 Å². The fourth-order valence-electron chi connectivity index (χ4n) is 2.65. The number of nitrogens with zero attached hydrogens (tertiary/aromatic N) is 2. The maximum Gasteiger partial charge on any atom is 0.272 e. The fraction of sp³-hybridized carbons (Fsp3) is 0.625. The number of piperidine rings is 1. The van der Waals surface area contributed by atoms with Crippen LogP contribution in [0.15, 0.2) is 18.2 Å². The molecular weight excluding hydrogens is 250 g/mol. The molecular formula is C16H25N3O. The largest absolute Gasteiger partial charge is 0.333 e. The third-order valence-electron chi connectivity index (χ3n) is 3.82. The molecule has 2 heterocycles. The summed E-state index contributed by atoms with van der Waals surface area (Å²) in [4.78, 5) is 18.9. The number of pyridine rings is 1. The van der Waals surface area contributed by atoms with Crippen LogP contribution in [-0.2, 0) is 0 Å². The van der Waals surface area contributed by atoms with E-state index in [0.717, 1.165) is 25.2 Å². The first-order valence-electron chi connectivity index (χ1n) is 7.56. The summed E-state index contributed by atoms with van der Waals surface area (Å²) in [6, 6.07) is 6.22. The summed E-state index contributed by atoms with van der Waals surface area (Å²) >= 11 is 0. The molecule has 2 rings (SSSR count). The van der Waals surface area contributed by atoms with Gasteiger partial charge in [-0.05, 0) is 52.3 Å². The van der Waals surface area contributed by atoms with E-state index in [0.29, 0.717) is 11.7 Å². The van der Waals surface area contributed by atoms with Gasteiger partial charge in [0.15, 0.2) is 0 Å². The standard InChI is InChI=1S/C16H25N3O/c1-12(2)19(11-14-8-4-5-10-17-14)16(20)15-9-6-7-13(3)18-15/h6-7,9,12,14,17H,4-5,8,10-11H2,1-3H3. The summed E-state index contributed by atoms with van der Waals surface area (Å²) in [7, 11) is 0. The number of rotatable bonds is 4. The van der Waals surface area contributed by atoms with Crippen molar-refractivity contribution in [3.63, 3.8) is 0 Å². The van der Waals surface area contributed by atoms with Gasteiger partial charge in [0.1, 0.15) is 5.69 Å². The lowest BCUT2D eigenvalue weighted by Crippen LogP contribution is -2.48. The summed E-state index contributed by atoms with van der Waals surface area (Å²) in [5, 5.41) is 3.51. The van der Waals surface area contributed by atoms with E-state index in [2.05, 4.69) is 24.1 Å². The van der Waals surface area contributed by atoms with E-state index in [-0.39, 0.29) is 11.9 Å². The van der Waals surface area contributed by atoms with Crippen LogP contribution in [0.3, 0.4) is 0 Å². The summed E-state index contributed by atoms with van der Waals surface area (Å²) in [6.07, 6.45) is 3.64. The third-order valence-corrected chi connectivity index (χ3v) is 3.82. The zero-order valence-corrected chi connectivity index (χ0v) is 12.7. The lowest BCUT2D eigenvalue weighted by molar-refractivity contribution is 0.0670. The fourth-order valence-corrected chi connectivity index (χ4v) is 2.65. The first-order valence-corrected chi connectivity index (χ1v) is 7.56. The van der Waals surface area contributed by atoms with Gasteiger partial charge in [-0.2, -0.15) is 0 Å². The Labute approximate surface area is 121 Å². The molecule has 4 nitrogen and oxygen atoms in total. The lowest BCUT2D eigenvalue weighted by atomic mass is 10.0. The van der Waals surface area contributed by atoms with E-state index >= 15 is 0 Å². The molecule has 0 aromatic carbocycles. The molecule has 0 saturated carbocycles. The van der Waals surface area contributed by atoms with Crippen LogP contribution in [0.1, 0.15) is 49.3 Å². The molecule has 1 unspecified atom stereocenters. The van der Waals surface area contributed by atoms with Crippen LogP contribution >= 0.6 is 0 Å². The van der Waals surface area contributed by atoms with Crippen LogP contribution in [0, 0.1) is 6.92 Å². The number of hydrogen-bond acceptors (Lipinski definition) is 3. The van der Waals surface area contributed by atoms with Gasteiger partial charge in [0.25, 0.3) is 5.91 Å². The average Bonchev–Trinajstić information content (AvgIpc) is 2.45. The van der Waals surface area contributed by atoms with E-state index in [1.54, 1.807) is 6.07 Å². The van der Waals surface area contributed by atoms with Gasteiger partial charge in [0.05, 0.1) is 0 Å². The second kappa shape index (κ2) is 6.84. The predicted molar refractivity (Wildman–Crippen MR) is 80.8 cm³/mol. The number of carbonyl (C=O) groups is 1.